The molecule has 4 saturated carbocycles. The lowest BCUT2D eigenvalue weighted by atomic mass is 9.43. The van der Waals surface area contributed by atoms with Gasteiger partial charge < -0.3 is 10.6 Å². The van der Waals surface area contributed by atoms with Crippen LogP contribution in [-0.4, -0.2) is 24.6 Å². The Labute approximate surface area is 158 Å². The van der Waals surface area contributed by atoms with Crippen LogP contribution in [0.1, 0.15) is 72.1 Å². The van der Waals surface area contributed by atoms with Crippen molar-refractivity contribution in [1.82, 2.24) is 0 Å². The minimum Gasteiger partial charge on any atom is -0.395 e. The molecule has 2 N–H and O–H groups in total. The Balaban J connectivity index is 1.56. The quantitative estimate of drug-likeness (QED) is 0.607. The van der Waals surface area contributed by atoms with Crippen LogP contribution in [0.5, 0.6) is 0 Å². The molecular formula is C22H36N2O2. The van der Waals surface area contributed by atoms with Gasteiger partial charge in [0.15, 0.2) is 0 Å². The van der Waals surface area contributed by atoms with Gasteiger partial charge in [0.2, 0.25) is 0 Å². The van der Waals surface area contributed by atoms with Gasteiger partial charge in [-0.25, -0.2) is 0 Å². The summed E-state index contributed by atoms with van der Waals surface area (Å²) >= 11 is 0. The molecule has 0 aromatic carbocycles. The van der Waals surface area contributed by atoms with Crippen LogP contribution in [0.3, 0.4) is 0 Å². The van der Waals surface area contributed by atoms with Crippen molar-refractivity contribution >= 4 is 11.5 Å². The summed E-state index contributed by atoms with van der Waals surface area (Å²) in [5.41, 5.74) is 7.14. The summed E-state index contributed by atoms with van der Waals surface area (Å²) in [6.45, 7) is 8.34. The van der Waals surface area contributed by atoms with Crippen molar-refractivity contribution in [3.8, 4) is 0 Å². The fraction of sp³-hybridized carbons (Fsp3) is 0.909. The smallest absolute Gasteiger partial charge is 0.139 e. The van der Waals surface area contributed by atoms with E-state index in [0.717, 1.165) is 49.9 Å². The second-order valence-corrected chi connectivity index (χ2v) is 10.1. The SMILES string of the molecule is C[C@@H]1CC2C/C(=N\OCCN)CC[C@]2(C)[C@H]2CC[C@]3(C)C(=O)CC[C@H]3[C@H]12. The number of carbonyl (C=O) groups excluding carboxylic acids is 1. The molecule has 0 aliphatic heterocycles. The molecule has 4 nitrogen and oxygen atoms in total. The third-order valence-electron chi connectivity index (χ3n) is 8.97. The van der Waals surface area contributed by atoms with Crippen LogP contribution in [0.2, 0.25) is 0 Å². The Hall–Kier alpha value is -0.900. The molecule has 26 heavy (non-hydrogen) atoms. The molecule has 0 heterocycles. The van der Waals surface area contributed by atoms with Gasteiger partial charge in [-0.15, -0.1) is 0 Å². The zero-order chi connectivity index (χ0) is 18.5. The highest BCUT2D eigenvalue weighted by Crippen LogP contribution is 2.66. The van der Waals surface area contributed by atoms with E-state index in [4.69, 9.17) is 10.6 Å². The van der Waals surface area contributed by atoms with Gasteiger partial charge in [-0.3, -0.25) is 4.79 Å². The summed E-state index contributed by atoms with van der Waals surface area (Å²) in [6, 6.07) is 0. The highest BCUT2D eigenvalue weighted by atomic mass is 16.6. The van der Waals surface area contributed by atoms with Crippen molar-refractivity contribution in [2.24, 2.45) is 51.3 Å². The first kappa shape index (κ1) is 18.5. The Morgan fingerprint density at radius 2 is 2.00 bits per heavy atom. The van der Waals surface area contributed by atoms with E-state index in [0.29, 0.717) is 36.2 Å². The first-order valence-electron chi connectivity index (χ1n) is 10.8. The van der Waals surface area contributed by atoms with E-state index in [9.17, 15) is 4.79 Å². The average molecular weight is 361 g/mol. The Bertz CT molecular complexity index is 603. The molecule has 0 amide bonds. The van der Waals surface area contributed by atoms with Crippen LogP contribution in [0, 0.1) is 40.4 Å². The first-order chi connectivity index (χ1) is 12.4. The van der Waals surface area contributed by atoms with Crippen LogP contribution in [0.25, 0.3) is 0 Å². The highest BCUT2D eigenvalue weighted by molar-refractivity contribution is 5.87. The molecule has 7 atom stereocenters. The van der Waals surface area contributed by atoms with Gasteiger partial charge in [-0.1, -0.05) is 25.9 Å². The van der Waals surface area contributed by atoms with Crippen molar-refractivity contribution < 1.29 is 9.63 Å². The Morgan fingerprint density at radius 1 is 1.19 bits per heavy atom. The van der Waals surface area contributed by atoms with Crippen molar-refractivity contribution in [3.63, 3.8) is 0 Å². The first-order valence-corrected chi connectivity index (χ1v) is 10.8. The van der Waals surface area contributed by atoms with E-state index in [1.54, 1.807) is 0 Å². The number of carbonyl (C=O) groups is 1. The minimum absolute atomic E-state index is 0.0179. The summed E-state index contributed by atoms with van der Waals surface area (Å²) in [5.74, 6) is 4.15. The maximum Gasteiger partial charge on any atom is 0.139 e. The molecule has 4 aliphatic carbocycles. The number of hydrogen-bond donors (Lipinski definition) is 1. The second kappa shape index (κ2) is 6.61. The van der Waals surface area contributed by atoms with Crippen molar-refractivity contribution in [1.29, 1.82) is 0 Å². The van der Waals surface area contributed by atoms with Gasteiger partial charge in [0, 0.05) is 18.4 Å². The molecule has 1 unspecified atom stereocenters. The highest BCUT2D eigenvalue weighted by Gasteiger charge is 2.61. The summed E-state index contributed by atoms with van der Waals surface area (Å²) < 4.78 is 0. The van der Waals surface area contributed by atoms with Crippen molar-refractivity contribution in [3.05, 3.63) is 0 Å². The minimum atomic E-state index is -0.0179. The fourth-order valence-corrected chi connectivity index (χ4v) is 7.49. The van der Waals surface area contributed by atoms with Gasteiger partial charge in [0.1, 0.15) is 12.4 Å². The van der Waals surface area contributed by atoms with E-state index in [1.165, 1.54) is 25.0 Å². The third-order valence-corrected chi connectivity index (χ3v) is 8.97. The zero-order valence-corrected chi connectivity index (χ0v) is 16.8. The predicted octanol–water partition coefficient (Wildman–Crippen LogP) is 4.18. The molecular weight excluding hydrogens is 324 g/mol. The molecule has 0 bridgehead atoms. The van der Waals surface area contributed by atoms with Gasteiger partial charge in [0.05, 0.1) is 5.71 Å². The van der Waals surface area contributed by atoms with Crippen molar-refractivity contribution in [2.45, 2.75) is 72.1 Å². The van der Waals surface area contributed by atoms with E-state index >= 15 is 0 Å². The number of nitrogens with two attached hydrogens (primary N) is 1. The monoisotopic (exact) mass is 360 g/mol. The van der Waals surface area contributed by atoms with Crippen LogP contribution >= 0.6 is 0 Å². The van der Waals surface area contributed by atoms with E-state index in [-0.39, 0.29) is 5.41 Å². The lowest BCUT2D eigenvalue weighted by Crippen LogP contribution is -2.56. The number of rotatable bonds is 3. The Kier molecular flexibility index (Phi) is 4.70. The lowest BCUT2D eigenvalue weighted by Gasteiger charge is -2.61. The number of ketones is 1. The van der Waals surface area contributed by atoms with E-state index < -0.39 is 0 Å². The predicted molar refractivity (Wildman–Crippen MR) is 104 cm³/mol. The van der Waals surface area contributed by atoms with Gasteiger partial charge in [-0.2, -0.15) is 0 Å². The van der Waals surface area contributed by atoms with Crippen LogP contribution in [-0.2, 0) is 9.63 Å². The molecule has 0 spiro atoms. The summed E-state index contributed by atoms with van der Waals surface area (Å²) in [7, 11) is 0. The molecule has 4 aliphatic rings. The zero-order valence-electron chi connectivity index (χ0n) is 16.8. The van der Waals surface area contributed by atoms with Crippen LogP contribution in [0.4, 0.5) is 0 Å². The Morgan fingerprint density at radius 3 is 2.77 bits per heavy atom. The molecule has 4 heteroatoms. The number of hydrogen-bond acceptors (Lipinski definition) is 4. The van der Waals surface area contributed by atoms with Gasteiger partial charge in [0.25, 0.3) is 0 Å². The fourth-order valence-electron chi connectivity index (χ4n) is 7.49. The van der Waals surface area contributed by atoms with E-state index in [1.807, 2.05) is 0 Å². The van der Waals surface area contributed by atoms with Gasteiger partial charge in [-0.05, 0) is 80.0 Å². The van der Waals surface area contributed by atoms with Crippen LogP contribution in [0.15, 0.2) is 5.16 Å². The summed E-state index contributed by atoms with van der Waals surface area (Å²) in [6.07, 6.45) is 9.01. The second-order valence-electron chi connectivity index (χ2n) is 10.1. The largest absolute Gasteiger partial charge is 0.395 e. The number of nitrogens with zero attached hydrogens (tertiary/aromatic N) is 1. The molecule has 4 rings (SSSR count). The summed E-state index contributed by atoms with van der Waals surface area (Å²) in [4.78, 5) is 18.0. The van der Waals surface area contributed by atoms with Crippen LogP contribution < -0.4 is 5.73 Å². The standard InChI is InChI=1S/C22H36N2O2/c1-14-12-15-13-16(24-26-11-10-23)6-8-21(15,2)18-7-9-22(3)17(20(14)18)4-5-19(22)25/h14-15,17-18,20H,4-13,23H2,1-3H3/b24-16-/t14-,15?,17+,18+,20+,21+,22+/m1/s1. The number of Topliss-reactive ketones (excluding diaryl/α,β-unsaturated/α-hetero) is 1. The van der Waals surface area contributed by atoms with E-state index in [2.05, 4.69) is 25.9 Å². The summed E-state index contributed by atoms with van der Waals surface area (Å²) in [5, 5.41) is 4.39. The molecule has 146 valence electrons. The lowest BCUT2D eigenvalue weighted by molar-refractivity contribution is -0.143. The normalized spacial score (nSPS) is 49.5. The maximum atomic E-state index is 12.6. The molecule has 0 aromatic heterocycles. The molecule has 4 fully saturated rings. The maximum absolute atomic E-state index is 12.6. The van der Waals surface area contributed by atoms with Gasteiger partial charge >= 0.3 is 0 Å². The number of oxime groups is 1. The molecule has 0 saturated heterocycles. The average Bonchev–Trinajstić information content (AvgIpc) is 2.92. The molecule has 0 radical (unpaired) electrons. The molecule has 0 aromatic rings. The number of fused-ring (bicyclic) bond motifs is 5. The van der Waals surface area contributed by atoms with Crippen molar-refractivity contribution in [2.75, 3.05) is 13.2 Å². The topological polar surface area (TPSA) is 64.7 Å². The third kappa shape index (κ3) is 2.66.